The number of hydrogen-bond donors (Lipinski definition) is 3. The summed E-state index contributed by atoms with van der Waals surface area (Å²) < 4.78 is 0. The molecular formula is C23H19Cl2N3O5. The van der Waals surface area contributed by atoms with Crippen molar-refractivity contribution in [2.45, 2.75) is 31.0 Å². The minimum absolute atomic E-state index is 0.0317. The van der Waals surface area contributed by atoms with Gasteiger partial charge >= 0.3 is 5.97 Å². The number of likely N-dealkylation sites (tertiary alicyclic amines) is 1. The van der Waals surface area contributed by atoms with Crippen LogP contribution in [0.4, 0.5) is 5.69 Å². The number of nitrogens with zero attached hydrogens (tertiary/aromatic N) is 1. The Balaban J connectivity index is 1.60. The molecule has 3 heterocycles. The molecule has 33 heavy (non-hydrogen) atoms. The number of carboxylic acids is 1. The number of rotatable bonds is 5. The predicted molar refractivity (Wildman–Crippen MR) is 120 cm³/mol. The van der Waals surface area contributed by atoms with Crippen LogP contribution in [0.3, 0.4) is 0 Å². The molecule has 2 saturated heterocycles. The van der Waals surface area contributed by atoms with E-state index < -0.39 is 47.1 Å². The lowest BCUT2D eigenvalue weighted by atomic mass is 9.76. The first-order valence-electron chi connectivity index (χ1n) is 10.4. The summed E-state index contributed by atoms with van der Waals surface area (Å²) in [4.78, 5) is 52.9. The Morgan fingerprint density at radius 1 is 1.09 bits per heavy atom. The van der Waals surface area contributed by atoms with Crippen LogP contribution in [0.1, 0.15) is 24.0 Å². The van der Waals surface area contributed by atoms with Crippen LogP contribution in [-0.2, 0) is 31.3 Å². The van der Waals surface area contributed by atoms with Gasteiger partial charge in [0.05, 0.1) is 18.4 Å². The second kappa shape index (κ2) is 7.83. The zero-order chi connectivity index (χ0) is 23.5. The van der Waals surface area contributed by atoms with Gasteiger partial charge in [-0.3, -0.25) is 29.4 Å². The van der Waals surface area contributed by atoms with Gasteiger partial charge in [0, 0.05) is 33.8 Å². The van der Waals surface area contributed by atoms with Crippen molar-refractivity contribution in [3.05, 3.63) is 63.6 Å². The number of anilines is 1. The van der Waals surface area contributed by atoms with Crippen LogP contribution in [-0.4, -0.2) is 39.7 Å². The Kier molecular flexibility index (Phi) is 5.19. The quantitative estimate of drug-likeness (QED) is 0.558. The third-order valence-corrected chi connectivity index (χ3v) is 7.33. The fourth-order valence-corrected chi connectivity index (χ4v) is 5.68. The number of carbonyl (C=O) groups excluding carboxylic acids is 3. The van der Waals surface area contributed by atoms with E-state index in [1.54, 1.807) is 42.5 Å². The molecule has 1 spiro atoms. The molecule has 3 N–H and O–H groups in total. The van der Waals surface area contributed by atoms with E-state index in [2.05, 4.69) is 10.6 Å². The van der Waals surface area contributed by atoms with E-state index in [0.29, 0.717) is 26.9 Å². The smallest absolute Gasteiger partial charge is 0.303 e. The minimum Gasteiger partial charge on any atom is -0.481 e. The highest BCUT2D eigenvalue weighted by Gasteiger charge is 2.70. The van der Waals surface area contributed by atoms with Crippen molar-refractivity contribution < 1.29 is 24.3 Å². The largest absolute Gasteiger partial charge is 0.481 e. The summed E-state index contributed by atoms with van der Waals surface area (Å²) in [6, 6.07) is 11.1. The van der Waals surface area contributed by atoms with Crippen LogP contribution >= 0.6 is 23.2 Å². The number of halogens is 2. The first-order valence-corrected chi connectivity index (χ1v) is 11.2. The summed E-state index contributed by atoms with van der Waals surface area (Å²) in [7, 11) is 0. The fraction of sp³-hybridized carbons (Fsp3) is 0.304. The van der Waals surface area contributed by atoms with Gasteiger partial charge in [0.1, 0.15) is 5.54 Å². The van der Waals surface area contributed by atoms with Gasteiger partial charge in [-0.1, -0.05) is 41.4 Å². The van der Waals surface area contributed by atoms with Gasteiger partial charge in [0.25, 0.3) is 0 Å². The molecule has 10 heteroatoms. The van der Waals surface area contributed by atoms with E-state index in [9.17, 15) is 24.3 Å². The summed E-state index contributed by atoms with van der Waals surface area (Å²) in [5.74, 6) is -4.38. The first-order chi connectivity index (χ1) is 15.7. The van der Waals surface area contributed by atoms with Gasteiger partial charge in [-0.15, -0.1) is 0 Å². The average molecular weight is 488 g/mol. The Morgan fingerprint density at radius 3 is 2.58 bits per heavy atom. The lowest BCUT2D eigenvalue weighted by Crippen LogP contribution is -2.53. The van der Waals surface area contributed by atoms with Crippen molar-refractivity contribution in [2.75, 3.05) is 5.32 Å². The van der Waals surface area contributed by atoms with Crippen molar-refractivity contribution >= 4 is 52.6 Å². The van der Waals surface area contributed by atoms with Gasteiger partial charge in [-0.25, -0.2) is 0 Å². The molecule has 0 unspecified atom stereocenters. The number of benzene rings is 2. The number of imide groups is 1. The van der Waals surface area contributed by atoms with E-state index >= 15 is 0 Å². The molecule has 3 amide bonds. The molecule has 5 rings (SSSR count). The lowest BCUT2D eigenvalue weighted by molar-refractivity contribution is -0.144. The number of amides is 3. The summed E-state index contributed by atoms with van der Waals surface area (Å²) >= 11 is 12.5. The first kappa shape index (κ1) is 21.9. The number of nitrogens with one attached hydrogen (secondary N) is 2. The summed E-state index contributed by atoms with van der Waals surface area (Å²) in [6.07, 6.45) is -0.132. The predicted octanol–water partition coefficient (Wildman–Crippen LogP) is 2.78. The summed E-state index contributed by atoms with van der Waals surface area (Å²) in [5, 5.41) is 16.0. The highest BCUT2D eigenvalue weighted by molar-refractivity contribution is 6.31. The maximum absolute atomic E-state index is 13.7. The second-order valence-corrected chi connectivity index (χ2v) is 9.34. The molecule has 3 aliphatic heterocycles. The SMILES string of the molecule is O=C(O)CC[C@@H]1N[C@]2(C(=O)Nc3ccc(Cl)cc32)[C@@H]2C(=O)N(Cc3ccccc3Cl)C(=O)[C@H]12. The van der Waals surface area contributed by atoms with Crippen LogP contribution in [0.25, 0.3) is 0 Å². The van der Waals surface area contributed by atoms with Crippen LogP contribution in [0.5, 0.6) is 0 Å². The third kappa shape index (κ3) is 3.24. The van der Waals surface area contributed by atoms with Crippen LogP contribution in [0.2, 0.25) is 10.0 Å². The number of fused-ring (bicyclic) bond motifs is 4. The Bertz CT molecular complexity index is 1220. The molecule has 170 valence electrons. The molecular weight excluding hydrogens is 469 g/mol. The molecule has 0 radical (unpaired) electrons. The molecule has 3 aliphatic rings. The number of carboxylic acid groups (broad SMARTS) is 1. The number of aliphatic carboxylic acids is 1. The molecule has 0 aromatic heterocycles. The van der Waals surface area contributed by atoms with Gasteiger partial charge in [0.2, 0.25) is 17.7 Å². The molecule has 2 aromatic rings. The van der Waals surface area contributed by atoms with Crippen LogP contribution in [0.15, 0.2) is 42.5 Å². The maximum atomic E-state index is 13.7. The van der Waals surface area contributed by atoms with Gasteiger partial charge in [0.15, 0.2) is 0 Å². The highest BCUT2D eigenvalue weighted by Crippen LogP contribution is 2.54. The van der Waals surface area contributed by atoms with Crippen LogP contribution < -0.4 is 10.6 Å². The maximum Gasteiger partial charge on any atom is 0.303 e. The van der Waals surface area contributed by atoms with Crippen molar-refractivity contribution in [1.82, 2.24) is 10.2 Å². The van der Waals surface area contributed by atoms with E-state index in [4.69, 9.17) is 23.2 Å². The second-order valence-electron chi connectivity index (χ2n) is 8.49. The normalized spacial score (nSPS) is 27.8. The zero-order valence-electron chi connectivity index (χ0n) is 17.2. The average Bonchev–Trinajstić information content (AvgIpc) is 3.34. The van der Waals surface area contributed by atoms with E-state index in [1.165, 1.54) is 0 Å². The third-order valence-electron chi connectivity index (χ3n) is 6.72. The Hall–Kier alpha value is -2.94. The minimum atomic E-state index is -1.52. The van der Waals surface area contributed by atoms with E-state index in [-0.39, 0.29) is 19.4 Å². The summed E-state index contributed by atoms with van der Waals surface area (Å²) in [5.41, 5.74) is 0.0629. The summed E-state index contributed by atoms with van der Waals surface area (Å²) in [6.45, 7) is -0.0317. The standard InChI is InChI=1S/C23H19Cl2N3O5/c24-12-5-6-15-13(9-12)23(22(33)26-15)19-18(16(27-23)7-8-17(29)30)20(31)28(21(19)32)10-11-3-1-2-4-14(11)25/h1-6,9,16,18-19,27H,7-8,10H2,(H,26,33)(H,29,30)/t16-,18+,19-,23-/m0/s1. The molecule has 0 saturated carbocycles. The molecule has 2 aromatic carbocycles. The Morgan fingerprint density at radius 2 is 1.85 bits per heavy atom. The highest BCUT2D eigenvalue weighted by atomic mass is 35.5. The molecule has 0 aliphatic carbocycles. The van der Waals surface area contributed by atoms with Crippen molar-refractivity contribution in [3.63, 3.8) is 0 Å². The molecule has 2 fully saturated rings. The van der Waals surface area contributed by atoms with E-state index in [0.717, 1.165) is 4.90 Å². The number of hydrogen-bond acceptors (Lipinski definition) is 5. The fourth-order valence-electron chi connectivity index (χ4n) is 5.31. The van der Waals surface area contributed by atoms with E-state index in [1.807, 2.05) is 0 Å². The molecule has 4 atom stereocenters. The van der Waals surface area contributed by atoms with Crippen LogP contribution in [0, 0.1) is 11.8 Å². The molecule has 0 bridgehead atoms. The number of carbonyl (C=O) groups is 4. The lowest BCUT2D eigenvalue weighted by Gasteiger charge is -2.29. The van der Waals surface area contributed by atoms with Crippen molar-refractivity contribution in [2.24, 2.45) is 11.8 Å². The molecule has 8 nitrogen and oxygen atoms in total. The van der Waals surface area contributed by atoms with Gasteiger partial charge < -0.3 is 10.4 Å². The van der Waals surface area contributed by atoms with Gasteiger partial charge in [-0.05, 0) is 36.2 Å². The zero-order valence-corrected chi connectivity index (χ0v) is 18.7. The van der Waals surface area contributed by atoms with Crippen molar-refractivity contribution in [3.8, 4) is 0 Å². The van der Waals surface area contributed by atoms with Gasteiger partial charge in [-0.2, -0.15) is 0 Å². The Labute approximate surface area is 198 Å². The topological polar surface area (TPSA) is 116 Å². The van der Waals surface area contributed by atoms with Crippen molar-refractivity contribution in [1.29, 1.82) is 0 Å². The monoisotopic (exact) mass is 487 g/mol.